The van der Waals surface area contributed by atoms with Gasteiger partial charge in [-0.2, -0.15) is 9.94 Å². The lowest BCUT2D eigenvalue weighted by Gasteiger charge is -2.34. The zero-order chi connectivity index (χ0) is 17.8. The zero-order valence-electron chi connectivity index (χ0n) is 14.4. The van der Waals surface area contributed by atoms with Crippen LogP contribution in [-0.4, -0.2) is 51.3 Å². The summed E-state index contributed by atoms with van der Waals surface area (Å²) in [6.45, 7) is 4.54. The fraction of sp³-hybridized carbons (Fsp3) is 0.263. The van der Waals surface area contributed by atoms with Gasteiger partial charge in [-0.3, -0.25) is 4.90 Å². The second kappa shape index (κ2) is 7.33. The fourth-order valence-corrected chi connectivity index (χ4v) is 3.16. The van der Waals surface area contributed by atoms with Gasteiger partial charge in [0.15, 0.2) is 0 Å². The van der Waals surface area contributed by atoms with E-state index in [-0.39, 0.29) is 0 Å². The van der Waals surface area contributed by atoms with Gasteiger partial charge in [-0.05, 0) is 40.3 Å². The van der Waals surface area contributed by atoms with Gasteiger partial charge < -0.3 is 4.90 Å². The highest BCUT2D eigenvalue weighted by molar-refractivity contribution is 5.41. The second-order valence-corrected chi connectivity index (χ2v) is 6.30. The Hall–Kier alpha value is -3.24. The number of benzene rings is 2. The third-order valence-corrected chi connectivity index (χ3v) is 4.60. The summed E-state index contributed by atoms with van der Waals surface area (Å²) in [5.74, 6) is 0.786. The molecule has 2 heterocycles. The lowest BCUT2D eigenvalue weighted by Crippen LogP contribution is -2.46. The Morgan fingerprint density at radius 3 is 2.35 bits per heavy atom. The van der Waals surface area contributed by atoms with Crippen LogP contribution < -0.4 is 4.90 Å². The maximum Gasteiger partial charge on any atom is 0.250 e. The molecule has 0 unspecified atom stereocenters. The average molecular weight is 345 g/mol. The Kier molecular flexibility index (Phi) is 4.58. The molecule has 0 spiro atoms. The van der Waals surface area contributed by atoms with Crippen molar-refractivity contribution in [2.75, 3.05) is 31.1 Å². The van der Waals surface area contributed by atoms with Crippen LogP contribution in [0.25, 0.3) is 5.69 Å². The molecule has 1 aliphatic rings. The lowest BCUT2D eigenvalue weighted by molar-refractivity contribution is 0.248. The molecule has 1 saturated heterocycles. The number of nitrogens with zero attached hydrogens (tertiary/aromatic N) is 7. The van der Waals surface area contributed by atoms with Crippen LogP contribution in [0.4, 0.5) is 5.95 Å². The van der Waals surface area contributed by atoms with Gasteiger partial charge in [-0.1, -0.05) is 35.4 Å². The van der Waals surface area contributed by atoms with E-state index in [1.807, 2.05) is 54.6 Å². The molecule has 4 rings (SSSR count). The van der Waals surface area contributed by atoms with Crippen LogP contribution in [0.5, 0.6) is 0 Å². The first-order valence-corrected chi connectivity index (χ1v) is 8.63. The highest BCUT2D eigenvalue weighted by atomic mass is 15.6. The predicted octanol–water partition coefficient (Wildman–Crippen LogP) is 1.86. The summed E-state index contributed by atoms with van der Waals surface area (Å²) in [6.07, 6.45) is 0. The van der Waals surface area contributed by atoms with E-state index in [9.17, 15) is 0 Å². The molecule has 7 nitrogen and oxygen atoms in total. The van der Waals surface area contributed by atoms with Gasteiger partial charge in [-0.15, -0.1) is 0 Å². The molecule has 3 aromatic rings. The number of aromatic nitrogens is 4. The predicted molar refractivity (Wildman–Crippen MR) is 97.8 cm³/mol. The second-order valence-electron chi connectivity index (χ2n) is 6.30. The number of hydrogen-bond acceptors (Lipinski definition) is 6. The van der Waals surface area contributed by atoms with Crippen LogP contribution in [0.15, 0.2) is 54.6 Å². The van der Waals surface area contributed by atoms with Gasteiger partial charge in [0.05, 0.1) is 17.3 Å². The van der Waals surface area contributed by atoms with Gasteiger partial charge >= 0.3 is 0 Å². The SMILES string of the molecule is N#Cc1ccc(CN2CCN(c3nnnn3-c3ccccc3)CC2)cc1. The van der Waals surface area contributed by atoms with E-state index in [2.05, 4.69) is 31.4 Å². The fourth-order valence-electron chi connectivity index (χ4n) is 3.16. The molecule has 0 bridgehead atoms. The van der Waals surface area contributed by atoms with E-state index >= 15 is 0 Å². The number of anilines is 1. The number of rotatable bonds is 4. The lowest BCUT2D eigenvalue weighted by atomic mass is 10.1. The number of piperazine rings is 1. The minimum atomic E-state index is 0.700. The van der Waals surface area contributed by atoms with Gasteiger partial charge in [0.1, 0.15) is 0 Å². The first-order chi connectivity index (χ1) is 12.8. The minimum absolute atomic E-state index is 0.700. The largest absolute Gasteiger partial charge is 0.337 e. The van der Waals surface area contributed by atoms with Crippen molar-refractivity contribution in [3.63, 3.8) is 0 Å². The monoisotopic (exact) mass is 345 g/mol. The Morgan fingerprint density at radius 2 is 1.65 bits per heavy atom. The van der Waals surface area contributed by atoms with Crippen molar-refractivity contribution in [1.29, 1.82) is 5.26 Å². The normalized spacial score (nSPS) is 15.0. The van der Waals surface area contributed by atoms with Crippen LogP contribution in [-0.2, 0) is 6.54 Å². The molecule has 1 aromatic heterocycles. The average Bonchev–Trinajstić information content (AvgIpc) is 3.20. The summed E-state index contributed by atoms with van der Waals surface area (Å²) >= 11 is 0. The highest BCUT2D eigenvalue weighted by Crippen LogP contribution is 2.18. The van der Waals surface area contributed by atoms with E-state index in [0.717, 1.165) is 44.4 Å². The van der Waals surface area contributed by atoms with Crippen molar-refractivity contribution in [3.8, 4) is 11.8 Å². The van der Waals surface area contributed by atoms with E-state index in [4.69, 9.17) is 5.26 Å². The smallest absolute Gasteiger partial charge is 0.250 e. The molecule has 130 valence electrons. The van der Waals surface area contributed by atoms with E-state index in [0.29, 0.717) is 5.56 Å². The highest BCUT2D eigenvalue weighted by Gasteiger charge is 2.22. The van der Waals surface area contributed by atoms with Crippen molar-refractivity contribution in [3.05, 3.63) is 65.7 Å². The molecule has 0 amide bonds. The number of hydrogen-bond donors (Lipinski definition) is 0. The Balaban J connectivity index is 1.40. The van der Waals surface area contributed by atoms with Crippen LogP contribution >= 0.6 is 0 Å². The van der Waals surface area contributed by atoms with Crippen molar-refractivity contribution < 1.29 is 0 Å². The van der Waals surface area contributed by atoms with Crippen LogP contribution in [0.3, 0.4) is 0 Å². The van der Waals surface area contributed by atoms with Crippen molar-refractivity contribution in [2.24, 2.45) is 0 Å². The standard InChI is InChI=1S/C19H19N7/c20-14-16-6-8-17(9-7-16)15-24-10-12-25(13-11-24)19-21-22-23-26(19)18-4-2-1-3-5-18/h1-9H,10-13,15H2. The Labute approximate surface area is 152 Å². The summed E-state index contributed by atoms with van der Waals surface area (Å²) in [5.41, 5.74) is 2.89. The quantitative estimate of drug-likeness (QED) is 0.718. The molecule has 1 aliphatic heterocycles. The number of tetrazole rings is 1. The van der Waals surface area contributed by atoms with Gasteiger partial charge in [0, 0.05) is 32.7 Å². The molecule has 7 heteroatoms. The van der Waals surface area contributed by atoms with E-state index < -0.39 is 0 Å². The van der Waals surface area contributed by atoms with Crippen molar-refractivity contribution in [2.45, 2.75) is 6.54 Å². The molecule has 0 aliphatic carbocycles. The Morgan fingerprint density at radius 1 is 0.923 bits per heavy atom. The molecule has 0 saturated carbocycles. The molecular formula is C19H19N7. The van der Waals surface area contributed by atoms with E-state index in [1.165, 1.54) is 5.56 Å². The molecule has 1 fully saturated rings. The molecule has 2 aromatic carbocycles. The van der Waals surface area contributed by atoms with Gasteiger partial charge in [0.25, 0.3) is 0 Å². The summed E-state index contributed by atoms with van der Waals surface area (Å²) in [4.78, 5) is 4.64. The van der Waals surface area contributed by atoms with Gasteiger partial charge in [0.2, 0.25) is 5.95 Å². The topological polar surface area (TPSA) is 73.9 Å². The molecule has 0 atom stereocenters. The third-order valence-electron chi connectivity index (χ3n) is 4.60. The maximum atomic E-state index is 8.89. The molecule has 0 N–H and O–H groups in total. The maximum absolute atomic E-state index is 8.89. The number of nitriles is 1. The van der Waals surface area contributed by atoms with Crippen LogP contribution in [0.2, 0.25) is 0 Å². The molecule has 26 heavy (non-hydrogen) atoms. The summed E-state index contributed by atoms with van der Waals surface area (Å²) < 4.78 is 1.79. The third kappa shape index (κ3) is 3.41. The van der Waals surface area contributed by atoms with Crippen molar-refractivity contribution in [1.82, 2.24) is 25.1 Å². The number of para-hydroxylation sites is 1. The summed E-state index contributed by atoms with van der Waals surface area (Å²) in [5, 5.41) is 21.1. The summed E-state index contributed by atoms with van der Waals surface area (Å²) in [6, 6.07) is 19.9. The minimum Gasteiger partial charge on any atom is -0.337 e. The first kappa shape index (κ1) is 16.2. The van der Waals surface area contributed by atoms with Crippen LogP contribution in [0.1, 0.15) is 11.1 Å². The van der Waals surface area contributed by atoms with Crippen LogP contribution in [0, 0.1) is 11.3 Å². The van der Waals surface area contributed by atoms with E-state index in [1.54, 1.807) is 4.68 Å². The summed E-state index contributed by atoms with van der Waals surface area (Å²) in [7, 11) is 0. The van der Waals surface area contributed by atoms with Crippen molar-refractivity contribution >= 4 is 5.95 Å². The molecular weight excluding hydrogens is 326 g/mol. The zero-order valence-corrected chi connectivity index (χ0v) is 14.4. The first-order valence-electron chi connectivity index (χ1n) is 8.63. The molecule has 0 radical (unpaired) electrons. The Bertz CT molecular complexity index is 888. The van der Waals surface area contributed by atoms with Gasteiger partial charge in [-0.25, -0.2) is 0 Å².